The molecule has 0 aliphatic heterocycles. The van der Waals surface area contributed by atoms with E-state index in [9.17, 15) is 4.79 Å². The van der Waals surface area contributed by atoms with Gasteiger partial charge in [0.25, 0.3) is 0 Å². The molecule has 0 saturated heterocycles. The van der Waals surface area contributed by atoms with Gasteiger partial charge in [-0.05, 0) is 63.1 Å². The SMILES string of the molecule is CC(=N)N/N=C(\C)c1ccc(NC(=O)Nc2ccc(/C(C)=N\NC(=N)N)c(C)c2)cc1. The predicted molar refractivity (Wildman–Crippen MR) is 126 cm³/mol. The summed E-state index contributed by atoms with van der Waals surface area (Å²) in [4.78, 5) is 12.3. The van der Waals surface area contributed by atoms with E-state index in [-0.39, 0.29) is 17.8 Å². The number of hydrogen-bond acceptors (Lipinski definition) is 5. The number of nitrogens with one attached hydrogen (secondary N) is 6. The van der Waals surface area contributed by atoms with E-state index >= 15 is 0 Å². The van der Waals surface area contributed by atoms with Gasteiger partial charge >= 0.3 is 6.03 Å². The summed E-state index contributed by atoms with van der Waals surface area (Å²) in [7, 11) is 0. The topological polar surface area (TPSA) is 164 Å². The second kappa shape index (κ2) is 10.5. The summed E-state index contributed by atoms with van der Waals surface area (Å²) in [5.41, 5.74) is 15.6. The zero-order valence-electron chi connectivity index (χ0n) is 17.9. The smallest absolute Gasteiger partial charge is 0.323 e. The van der Waals surface area contributed by atoms with Crippen molar-refractivity contribution in [3.63, 3.8) is 0 Å². The molecule has 10 heteroatoms. The summed E-state index contributed by atoms with van der Waals surface area (Å²) in [6, 6.07) is 12.3. The molecule has 0 aliphatic carbocycles. The number of hydrogen-bond donors (Lipinski definition) is 7. The van der Waals surface area contributed by atoms with Crippen molar-refractivity contribution in [2.45, 2.75) is 27.7 Å². The zero-order chi connectivity index (χ0) is 23.0. The molecule has 162 valence electrons. The number of hydrazone groups is 2. The standard InChI is InChI=1S/C21H27N9O/c1-12-11-18(9-10-19(12)14(3)28-30-20(23)24)26-21(31)25-17-7-5-16(6-8-17)13(2)27-29-15(4)22/h5-11H,1-4H3,(H2,22,29)(H4,23,24,30)(H2,25,26,31)/b27-13+,28-14-. The van der Waals surface area contributed by atoms with Crippen molar-refractivity contribution in [1.29, 1.82) is 10.8 Å². The molecule has 0 atom stereocenters. The molecule has 31 heavy (non-hydrogen) atoms. The molecule has 0 unspecified atom stereocenters. The third-order valence-corrected chi connectivity index (χ3v) is 4.17. The summed E-state index contributed by atoms with van der Waals surface area (Å²) < 4.78 is 0. The number of aryl methyl sites for hydroxylation is 1. The Morgan fingerprint density at radius 3 is 2.03 bits per heavy atom. The Labute approximate surface area is 181 Å². The Kier molecular flexibility index (Phi) is 7.84. The Hall–Kier alpha value is -4.21. The largest absolute Gasteiger partial charge is 0.369 e. The fourth-order valence-electron chi connectivity index (χ4n) is 2.67. The highest BCUT2D eigenvalue weighted by molar-refractivity contribution is 6.03. The molecule has 10 nitrogen and oxygen atoms in total. The second-order valence-corrected chi connectivity index (χ2v) is 6.84. The third-order valence-electron chi connectivity index (χ3n) is 4.17. The van der Waals surface area contributed by atoms with Gasteiger partial charge in [0.2, 0.25) is 5.96 Å². The fraction of sp³-hybridized carbons (Fsp3) is 0.190. The number of carbonyl (C=O) groups is 1. The Morgan fingerprint density at radius 2 is 1.45 bits per heavy atom. The highest BCUT2D eigenvalue weighted by Gasteiger charge is 2.07. The summed E-state index contributed by atoms with van der Waals surface area (Å²) in [5.74, 6) is 0.0216. The molecule has 0 radical (unpaired) electrons. The van der Waals surface area contributed by atoms with Gasteiger partial charge in [-0.2, -0.15) is 10.2 Å². The molecule has 0 fully saturated rings. The van der Waals surface area contributed by atoms with Gasteiger partial charge in [0, 0.05) is 16.9 Å². The normalized spacial score (nSPS) is 11.5. The van der Waals surface area contributed by atoms with E-state index in [0.717, 1.165) is 22.4 Å². The monoisotopic (exact) mass is 421 g/mol. The number of amidine groups is 1. The molecule has 0 saturated carbocycles. The molecular weight excluding hydrogens is 394 g/mol. The van der Waals surface area contributed by atoms with E-state index in [4.69, 9.17) is 16.6 Å². The minimum Gasteiger partial charge on any atom is -0.369 e. The van der Waals surface area contributed by atoms with Crippen LogP contribution >= 0.6 is 0 Å². The van der Waals surface area contributed by atoms with Crippen molar-refractivity contribution in [3.8, 4) is 0 Å². The van der Waals surface area contributed by atoms with Crippen LogP contribution in [-0.2, 0) is 0 Å². The van der Waals surface area contributed by atoms with Gasteiger partial charge in [0.05, 0.1) is 11.4 Å². The molecule has 2 aromatic carbocycles. The van der Waals surface area contributed by atoms with E-state index in [1.165, 1.54) is 0 Å². The molecule has 2 rings (SSSR count). The minimum atomic E-state index is -0.366. The molecule has 8 N–H and O–H groups in total. The summed E-state index contributed by atoms with van der Waals surface area (Å²) in [6.45, 7) is 7.15. The quantitative estimate of drug-likeness (QED) is 0.216. The lowest BCUT2D eigenvalue weighted by Crippen LogP contribution is -2.26. The van der Waals surface area contributed by atoms with Crippen molar-refractivity contribution in [1.82, 2.24) is 10.9 Å². The average Bonchev–Trinajstić information content (AvgIpc) is 2.70. The van der Waals surface area contributed by atoms with Gasteiger partial charge in [-0.3, -0.25) is 16.2 Å². The number of rotatable bonds is 6. The number of urea groups is 1. The van der Waals surface area contributed by atoms with Gasteiger partial charge in [-0.15, -0.1) is 0 Å². The first-order chi connectivity index (χ1) is 14.7. The lowest BCUT2D eigenvalue weighted by atomic mass is 10.0. The fourth-order valence-corrected chi connectivity index (χ4v) is 2.67. The van der Waals surface area contributed by atoms with Crippen LogP contribution in [0.2, 0.25) is 0 Å². The van der Waals surface area contributed by atoms with E-state index in [2.05, 4.69) is 31.7 Å². The number of amides is 2. The number of carbonyl (C=O) groups excluding carboxylic acids is 1. The van der Waals surface area contributed by atoms with E-state index in [1.54, 1.807) is 32.0 Å². The summed E-state index contributed by atoms with van der Waals surface area (Å²) >= 11 is 0. The molecule has 0 aliphatic rings. The Balaban J connectivity index is 2.00. The van der Waals surface area contributed by atoms with Gasteiger partial charge in [0.1, 0.15) is 5.84 Å². The van der Waals surface area contributed by atoms with Crippen LogP contribution in [0.3, 0.4) is 0 Å². The van der Waals surface area contributed by atoms with E-state index in [0.29, 0.717) is 17.1 Å². The Morgan fingerprint density at radius 1 is 0.871 bits per heavy atom. The van der Waals surface area contributed by atoms with Crippen LogP contribution in [0.5, 0.6) is 0 Å². The molecule has 2 amide bonds. The predicted octanol–water partition coefficient (Wildman–Crippen LogP) is 3.16. The zero-order valence-corrected chi connectivity index (χ0v) is 17.9. The molecule has 2 aromatic rings. The maximum Gasteiger partial charge on any atom is 0.323 e. The summed E-state index contributed by atoms with van der Waals surface area (Å²) in [6.07, 6.45) is 0. The first-order valence-electron chi connectivity index (χ1n) is 9.45. The van der Waals surface area contributed by atoms with Gasteiger partial charge in [-0.25, -0.2) is 10.2 Å². The number of benzene rings is 2. The first kappa shape index (κ1) is 23.1. The van der Waals surface area contributed by atoms with Crippen LogP contribution in [0, 0.1) is 17.7 Å². The molecule has 0 aromatic heterocycles. The van der Waals surface area contributed by atoms with Gasteiger partial charge in [-0.1, -0.05) is 18.2 Å². The average molecular weight is 422 g/mol. The van der Waals surface area contributed by atoms with Crippen LogP contribution in [0.25, 0.3) is 0 Å². The van der Waals surface area contributed by atoms with Gasteiger partial charge < -0.3 is 16.4 Å². The van der Waals surface area contributed by atoms with Crippen LogP contribution in [0.15, 0.2) is 52.7 Å². The van der Waals surface area contributed by atoms with Crippen LogP contribution in [0.4, 0.5) is 16.2 Å². The lowest BCUT2D eigenvalue weighted by molar-refractivity contribution is 0.262. The van der Waals surface area contributed by atoms with E-state index in [1.807, 2.05) is 38.1 Å². The summed E-state index contributed by atoms with van der Waals surface area (Å²) in [5, 5.41) is 28.2. The minimum absolute atomic E-state index is 0.236. The van der Waals surface area contributed by atoms with E-state index < -0.39 is 0 Å². The highest BCUT2D eigenvalue weighted by Crippen LogP contribution is 2.17. The number of guanidine groups is 1. The van der Waals surface area contributed by atoms with Gasteiger partial charge in [0.15, 0.2) is 0 Å². The van der Waals surface area contributed by atoms with Crippen molar-refractivity contribution >= 4 is 40.6 Å². The van der Waals surface area contributed by atoms with Crippen molar-refractivity contribution in [3.05, 3.63) is 59.2 Å². The van der Waals surface area contributed by atoms with Crippen molar-refractivity contribution in [2.24, 2.45) is 15.9 Å². The Bertz CT molecular complexity index is 1040. The first-order valence-corrected chi connectivity index (χ1v) is 9.45. The molecule has 0 bridgehead atoms. The van der Waals surface area contributed by atoms with Crippen LogP contribution in [-0.4, -0.2) is 29.2 Å². The molecule has 0 spiro atoms. The van der Waals surface area contributed by atoms with Crippen LogP contribution < -0.4 is 27.2 Å². The maximum absolute atomic E-state index is 12.3. The third kappa shape index (κ3) is 7.28. The van der Waals surface area contributed by atoms with Crippen molar-refractivity contribution < 1.29 is 4.79 Å². The highest BCUT2D eigenvalue weighted by atomic mass is 16.2. The maximum atomic E-state index is 12.3. The molecule has 0 heterocycles. The lowest BCUT2D eigenvalue weighted by Gasteiger charge is -2.11. The van der Waals surface area contributed by atoms with Crippen LogP contribution in [0.1, 0.15) is 37.5 Å². The second-order valence-electron chi connectivity index (χ2n) is 6.84. The molecular formula is C21H27N9O. The van der Waals surface area contributed by atoms with Crippen molar-refractivity contribution in [2.75, 3.05) is 10.6 Å². The number of nitrogens with zero attached hydrogens (tertiary/aromatic N) is 2. The number of nitrogens with two attached hydrogens (primary N) is 1. The number of anilines is 2.